The quantitative estimate of drug-likeness (QED) is 0.619. The largest absolute Gasteiger partial charge is 0.343 e. The molecule has 0 saturated carbocycles. The predicted molar refractivity (Wildman–Crippen MR) is 122 cm³/mol. The van der Waals surface area contributed by atoms with Crippen LogP contribution in [0.25, 0.3) is 0 Å². The molecule has 0 aromatic heterocycles. The van der Waals surface area contributed by atoms with Gasteiger partial charge in [-0.25, -0.2) is 4.39 Å². The number of nitrogens with one attached hydrogen (secondary N) is 1. The molecule has 164 valence electrons. The van der Waals surface area contributed by atoms with Gasteiger partial charge in [0.25, 0.3) is 0 Å². The lowest BCUT2D eigenvalue weighted by atomic mass is 10.00. The van der Waals surface area contributed by atoms with Gasteiger partial charge in [-0.3, -0.25) is 14.6 Å². The van der Waals surface area contributed by atoms with Crippen molar-refractivity contribution < 1.29 is 14.0 Å². The summed E-state index contributed by atoms with van der Waals surface area (Å²) in [6.07, 6.45) is 2.19. The molecule has 7 heteroatoms. The molecule has 5 nitrogen and oxygen atoms in total. The van der Waals surface area contributed by atoms with Gasteiger partial charge >= 0.3 is 0 Å². The number of nitrogens with zero attached hydrogens (tertiary/aromatic N) is 2. The maximum absolute atomic E-state index is 14.6. The number of benzene rings is 2. The lowest BCUT2D eigenvalue weighted by Crippen LogP contribution is -2.34. The Morgan fingerprint density at radius 3 is 2.52 bits per heavy atom. The maximum Gasteiger partial charge on any atom is 0.249 e. The van der Waals surface area contributed by atoms with Crippen LogP contribution in [0.1, 0.15) is 50.7 Å². The minimum Gasteiger partial charge on any atom is -0.343 e. The molecule has 0 bridgehead atoms. The van der Waals surface area contributed by atoms with Gasteiger partial charge in [-0.2, -0.15) is 0 Å². The fourth-order valence-corrected chi connectivity index (χ4v) is 3.88. The number of hydrogen-bond acceptors (Lipinski definition) is 3. The SMILES string of the molecule is CCCN(CCC)C(=O)CCC1N=C(c2ccccc2F)c2cc(Cl)ccc2NC1=O. The number of hydrogen-bond donors (Lipinski definition) is 1. The molecule has 1 heterocycles. The van der Waals surface area contributed by atoms with E-state index in [4.69, 9.17) is 11.6 Å². The number of rotatable bonds is 8. The highest BCUT2D eigenvalue weighted by molar-refractivity contribution is 6.32. The second-order valence-corrected chi connectivity index (χ2v) is 8.01. The van der Waals surface area contributed by atoms with E-state index in [9.17, 15) is 14.0 Å². The summed E-state index contributed by atoms with van der Waals surface area (Å²) in [4.78, 5) is 32.0. The summed E-state index contributed by atoms with van der Waals surface area (Å²) in [5.74, 6) is -0.752. The number of aliphatic imine (C=N–C) groups is 1. The van der Waals surface area contributed by atoms with Crippen molar-refractivity contribution in [2.75, 3.05) is 18.4 Å². The molecule has 2 aromatic carbocycles. The molecule has 2 amide bonds. The van der Waals surface area contributed by atoms with E-state index < -0.39 is 11.9 Å². The number of amides is 2. The maximum atomic E-state index is 14.6. The van der Waals surface area contributed by atoms with Crippen LogP contribution < -0.4 is 5.32 Å². The molecule has 0 spiro atoms. The molecule has 3 rings (SSSR count). The van der Waals surface area contributed by atoms with Crippen molar-refractivity contribution in [1.82, 2.24) is 4.90 Å². The first-order chi connectivity index (χ1) is 14.9. The van der Waals surface area contributed by atoms with Crippen molar-refractivity contribution in [1.29, 1.82) is 0 Å². The number of halogens is 2. The highest BCUT2D eigenvalue weighted by atomic mass is 35.5. The van der Waals surface area contributed by atoms with Gasteiger partial charge in [-0.15, -0.1) is 0 Å². The minimum absolute atomic E-state index is 0.00365. The van der Waals surface area contributed by atoms with Crippen LogP contribution in [0.2, 0.25) is 5.02 Å². The zero-order valence-electron chi connectivity index (χ0n) is 17.8. The fourth-order valence-electron chi connectivity index (χ4n) is 3.70. The van der Waals surface area contributed by atoms with Gasteiger partial charge in [0.2, 0.25) is 11.8 Å². The molecule has 1 aliphatic heterocycles. The standard InChI is InChI=1S/C24H27ClFN3O2/c1-3-13-29(14-4-2)22(30)12-11-21-24(31)28-20-10-9-16(25)15-18(20)23(27-21)17-7-5-6-8-19(17)26/h5-10,15,21H,3-4,11-14H2,1-2H3,(H,28,31). The van der Waals surface area contributed by atoms with Crippen LogP contribution in [0.3, 0.4) is 0 Å². The Bertz CT molecular complexity index is 987. The van der Waals surface area contributed by atoms with Crippen molar-refractivity contribution >= 4 is 34.8 Å². The number of benzodiazepines with no additional fused rings is 1. The molecule has 0 fully saturated rings. The third kappa shape index (κ3) is 5.50. The van der Waals surface area contributed by atoms with Crippen LogP contribution >= 0.6 is 11.6 Å². The monoisotopic (exact) mass is 443 g/mol. The first kappa shape index (κ1) is 22.9. The van der Waals surface area contributed by atoms with E-state index in [1.54, 1.807) is 36.4 Å². The number of carbonyl (C=O) groups is 2. The summed E-state index contributed by atoms with van der Waals surface area (Å²) in [5.41, 5.74) is 1.71. The number of anilines is 1. The molecule has 1 unspecified atom stereocenters. The van der Waals surface area contributed by atoms with E-state index in [1.807, 2.05) is 18.7 Å². The average molecular weight is 444 g/mol. The van der Waals surface area contributed by atoms with E-state index in [2.05, 4.69) is 10.3 Å². The third-order valence-electron chi connectivity index (χ3n) is 5.18. The predicted octanol–water partition coefficient (Wildman–Crippen LogP) is 5.07. The van der Waals surface area contributed by atoms with Gasteiger partial charge in [0.1, 0.15) is 11.9 Å². The van der Waals surface area contributed by atoms with Crippen LogP contribution in [0.4, 0.5) is 10.1 Å². The normalized spacial score (nSPS) is 15.5. The van der Waals surface area contributed by atoms with E-state index in [0.29, 0.717) is 35.1 Å². The molecule has 0 saturated heterocycles. The van der Waals surface area contributed by atoms with Gasteiger partial charge in [-0.05, 0) is 49.6 Å². The van der Waals surface area contributed by atoms with Crippen molar-refractivity contribution in [3.8, 4) is 0 Å². The first-order valence-electron chi connectivity index (χ1n) is 10.7. The highest BCUT2D eigenvalue weighted by Gasteiger charge is 2.28. The Balaban J connectivity index is 1.94. The van der Waals surface area contributed by atoms with Crippen LogP contribution in [0, 0.1) is 5.82 Å². The highest BCUT2D eigenvalue weighted by Crippen LogP contribution is 2.29. The van der Waals surface area contributed by atoms with E-state index in [-0.39, 0.29) is 30.2 Å². The van der Waals surface area contributed by atoms with Crippen LogP contribution in [0.15, 0.2) is 47.5 Å². The van der Waals surface area contributed by atoms with Gasteiger partial charge in [-0.1, -0.05) is 37.6 Å². The zero-order valence-corrected chi connectivity index (χ0v) is 18.6. The van der Waals surface area contributed by atoms with Crippen molar-refractivity contribution in [3.63, 3.8) is 0 Å². The van der Waals surface area contributed by atoms with E-state index >= 15 is 0 Å². The molecule has 1 atom stereocenters. The second-order valence-electron chi connectivity index (χ2n) is 7.57. The summed E-state index contributed by atoms with van der Waals surface area (Å²) in [6, 6.07) is 10.5. The zero-order chi connectivity index (χ0) is 22.4. The van der Waals surface area contributed by atoms with Crippen LogP contribution in [-0.2, 0) is 9.59 Å². The molecule has 2 aromatic rings. The number of fused-ring (bicyclic) bond motifs is 1. The molecule has 0 radical (unpaired) electrons. The smallest absolute Gasteiger partial charge is 0.249 e. The number of carbonyl (C=O) groups excluding carboxylic acids is 2. The summed E-state index contributed by atoms with van der Waals surface area (Å²) >= 11 is 6.18. The van der Waals surface area contributed by atoms with Crippen LogP contribution in [0.5, 0.6) is 0 Å². The Morgan fingerprint density at radius 2 is 1.84 bits per heavy atom. The van der Waals surface area contributed by atoms with E-state index in [0.717, 1.165) is 12.8 Å². The average Bonchev–Trinajstić information content (AvgIpc) is 2.88. The topological polar surface area (TPSA) is 61.8 Å². The summed E-state index contributed by atoms with van der Waals surface area (Å²) < 4.78 is 14.6. The van der Waals surface area contributed by atoms with Crippen molar-refractivity contribution in [2.24, 2.45) is 4.99 Å². The molecule has 0 aliphatic carbocycles. The summed E-state index contributed by atoms with van der Waals surface area (Å²) in [5, 5.41) is 3.32. The first-order valence-corrected chi connectivity index (χ1v) is 11.0. The molecular weight excluding hydrogens is 417 g/mol. The Labute approximate surface area is 187 Å². The van der Waals surface area contributed by atoms with Gasteiger partial charge in [0.05, 0.1) is 11.4 Å². The molecular formula is C24H27ClFN3O2. The molecule has 31 heavy (non-hydrogen) atoms. The van der Waals surface area contributed by atoms with Crippen LogP contribution in [-0.4, -0.2) is 41.6 Å². The van der Waals surface area contributed by atoms with Gasteiger partial charge in [0.15, 0.2) is 0 Å². The lowest BCUT2D eigenvalue weighted by Gasteiger charge is -2.22. The summed E-state index contributed by atoms with van der Waals surface area (Å²) in [6.45, 7) is 5.44. The Morgan fingerprint density at radius 1 is 1.13 bits per heavy atom. The van der Waals surface area contributed by atoms with Crippen molar-refractivity contribution in [3.05, 3.63) is 64.4 Å². The van der Waals surface area contributed by atoms with Gasteiger partial charge in [0, 0.05) is 35.7 Å². The van der Waals surface area contributed by atoms with Gasteiger partial charge < -0.3 is 10.2 Å². The fraction of sp³-hybridized carbons (Fsp3) is 0.375. The summed E-state index contributed by atoms with van der Waals surface area (Å²) in [7, 11) is 0. The molecule has 1 aliphatic rings. The minimum atomic E-state index is -0.810. The Kier molecular flexibility index (Phi) is 7.80. The Hall–Kier alpha value is -2.73. The second kappa shape index (κ2) is 10.5. The third-order valence-corrected chi connectivity index (χ3v) is 5.42. The molecule has 1 N–H and O–H groups in total. The lowest BCUT2D eigenvalue weighted by molar-refractivity contribution is -0.131. The van der Waals surface area contributed by atoms with E-state index in [1.165, 1.54) is 6.07 Å². The van der Waals surface area contributed by atoms with Crippen molar-refractivity contribution in [2.45, 2.75) is 45.6 Å².